The van der Waals surface area contributed by atoms with Crippen LogP contribution in [0.2, 0.25) is 0 Å². The molecule has 96 valence electrons. The molecule has 2 aromatic rings. The van der Waals surface area contributed by atoms with Crippen LogP contribution >= 0.6 is 0 Å². The molecule has 4 nitrogen and oxygen atoms in total. The maximum atomic E-state index is 11.0. The normalized spacial score (nSPS) is 10.2. The lowest BCUT2D eigenvalue weighted by Gasteiger charge is -2.07. The molecule has 19 heavy (non-hydrogen) atoms. The van der Waals surface area contributed by atoms with Gasteiger partial charge in [0.15, 0.2) is 0 Å². The van der Waals surface area contributed by atoms with Crippen molar-refractivity contribution in [2.24, 2.45) is 5.73 Å². The van der Waals surface area contributed by atoms with E-state index in [0.29, 0.717) is 5.56 Å². The number of rotatable bonds is 3. The molecular weight excluding hydrogens is 242 g/mol. The number of hydrogen-bond acceptors (Lipinski definition) is 2. The summed E-state index contributed by atoms with van der Waals surface area (Å²) in [4.78, 5) is 21.9. The average molecular weight is 255 g/mol. The van der Waals surface area contributed by atoms with E-state index in [2.05, 4.69) is 0 Å². The second-order valence-electron chi connectivity index (χ2n) is 4.28. The summed E-state index contributed by atoms with van der Waals surface area (Å²) >= 11 is 0. The average Bonchev–Trinajstić information content (AvgIpc) is 2.38. The lowest BCUT2D eigenvalue weighted by molar-refractivity contribution is 0.0696. The summed E-state index contributed by atoms with van der Waals surface area (Å²) in [7, 11) is 0. The molecule has 0 aliphatic rings. The molecule has 0 bridgehead atoms. The number of nitrogens with two attached hydrogens (primary N) is 1. The van der Waals surface area contributed by atoms with Crippen LogP contribution in [0.3, 0.4) is 0 Å². The van der Waals surface area contributed by atoms with E-state index in [4.69, 9.17) is 10.8 Å². The summed E-state index contributed by atoms with van der Waals surface area (Å²) in [6.45, 7) is 1.85. The van der Waals surface area contributed by atoms with Crippen LogP contribution in [-0.2, 0) is 0 Å². The summed E-state index contributed by atoms with van der Waals surface area (Å²) in [6.07, 6.45) is 0. The molecule has 0 atom stereocenters. The maximum Gasteiger partial charge on any atom is 0.335 e. The highest BCUT2D eigenvalue weighted by Gasteiger charge is 2.08. The molecule has 0 spiro atoms. The van der Waals surface area contributed by atoms with Crippen LogP contribution < -0.4 is 5.73 Å². The molecule has 1 amide bonds. The van der Waals surface area contributed by atoms with Gasteiger partial charge in [-0.3, -0.25) is 4.79 Å². The van der Waals surface area contributed by atoms with Crippen LogP contribution in [0.25, 0.3) is 11.1 Å². The van der Waals surface area contributed by atoms with Gasteiger partial charge in [-0.1, -0.05) is 18.2 Å². The zero-order valence-corrected chi connectivity index (χ0v) is 10.4. The monoisotopic (exact) mass is 255 g/mol. The Labute approximate surface area is 110 Å². The van der Waals surface area contributed by atoms with E-state index in [-0.39, 0.29) is 5.56 Å². The van der Waals surface area contributed by atoms with Crippen molar-refractivity contribution < 1.29 is 14.7 Å². The van der Waals surface area contributed by atoms with Crippen molar-refractivity contribution in [1.82, 2.24) is 0 Å². The number of carboxylic acid groups (broad SMARTS) is 1. The number of aromatic carboxylic acids is 1. The smallest absolute Gasteiger partial charge is 0.335 e. The van der Waals surface area contributed by atoms with Crippen molar-refractivity contribution in [2.75, 3.05) is 0 Å². The van der Waals surface area contributed by atoms with Crippen LogP contribution in [0.1, 0.15) is 26.3 Å². The lowest BCUT2D eigenvalue weighted by atomic mass is 9.97. The Morgan fingerprint density at radius 2 is 1.58 bits per heavy atom. The number of amides is 1. The van der Waals surface area contributed by atoms with Gasteiger partial charge < -0.3 is 10.8 Å². The SMILES string of the molecule is Cc1cc(C(=O)O)ccc1-c1ccc(C(N)=O)cc1. The third-order valence-corrected chi connectivity index (χ3v) is 2.95. The topological polar surface area (TPSA) is 80.4 Å². The number of benzene rings is 2. The van der Waals surface area contributed by atoms with Crippen LogP contribution in [0.15, 0.2) is 42.5 Å². The molecule has 2 aromatic carbocycles. The molecule has 0 saturated carbocycles. The first-order chi connectivity index (χ1) is 8.99. The van der Waals surface area contributed by atoms with E-state index in [1.165, 1.54) is 0 Å². The van der Waals surface area contributed by atoms with E-state index < -0.39 is 11.9 Å². The first-order valence-corrected chi connectivity index (χ1v) is 5.73. The zero-order valence-electron chi connectivity index (χ0n) is 10.4. The predicted molar refractivity (Wildman–Crippen MR) is 72.1 cm³/mol. The molecular formula is C15H13NO3. The molecule has 0 radical (unpaired) electrons. The fraction of sp³-hybridized carbons (Fsp3) is 0.0667. The Kier molecular flexibility index (Phi) is 3.33. The van der Waals surface area contributed by atoms with Crippen LogP contribution in [-0.4, -0.2) is 17.0 Å². The van der Waals surface area contributed by atoms with E-state index in [1.807, 2.05) is 6.92 Å². The molecule has 0 saturated heterocycles. The Balaban J connectivity index is 2.41. The van der Waals surface area contributed by atoms with E-state index in [9.17, 15) is 9.59 Å². The Morgan fingerprint density at radius 1 is 1.00 bits per heavy atom. The van der Waals surface area contributed by atoms with Crippen LogP contribution in [0, 0.1) is 6.92 Å². The zero-order chi connectivity index (χ0) is 14.0. The highest BCUT2D eigenvalue weighted by molar-refractivity contribution is 5.93. The summed E-state index contributed by atoms with van der Waals surface area (Å²) in [5, 5.41) is 8.92. The molecule has 0 aliphatic carbocycles. The highest BCUT2D eigenvalue weighted by atomic mass is 16.4. The first-order valence-electron chi connectivity index (χ1n) is 5.73. The van der Waals surface area contributed by atoms with Gasteiger partial charge in [0.05, 0.1) is 5.56 Å². The molecule has 3 N–H and O–H groups in total. The molecule has 2 rings (SSSR count). The van der Waals surface area contributed by atoms with E-state index in [1.54, 1.807) is 42.5 Å². The van der Waals surface area contributed by atoms with Gasteiger partial charge >= 0.3 is 5.97 Å². The Bertz CT molecular complexity index is 645. The number of carboxylic acids is 1. The van der Waals surface area contributed by atoms with Gasteiger partial charge in [-0.25, -0.2) is 4.79 Å². The molecule has 0 heterocycles. The third kappa shape index (κ3) is 2.63. The maximum absolute atomic E-state index is 11.0. The second-order valence-corrected chi connectivity index (χ2v) is 4.28. The molecule has 0 fully saturated rings. The van der Waals surface area contributed by atoms with Crippen molar-refractivity contribution >= 4 is 11.9 Å². The van der Waals surface area contributed by atoms with Crippen molar-refractivity contribution in [3.63, 3.8) is 0 Å². The van der Waals surface area contributed by atoms with Crippen molar-refractivity contribution in [3.05, 3.63) is 59.2 Å². The number of hydrogen-bond donors (Lipinski definition) is 2. The van der Waals surface area contributed by atoms with Gasteiger partial charge in [0.2, 0.25) is 5.91 Å². The number of carbonyl (C=O) groups is 2. The van der Waals surface area contributed by atoms with Crippen molar-refractivity contribution in [2.45, 2.75) is 6.92 Å². The van der Waals surface area contributed by atoms with Crippen molar-refractivity contribution in [1.29, 1.82) is 0 Å². The summed E-state index contributed by atoms with van der Waals surface area (Å²) in [5.74, 6) is -1.41. The van der Waals surface area contributed by atoms with Gasteiger partial charge in [0, 0.05) is 5.56 Å². The number of primary amides is 1. The standard InChI is InChI=1S/C15H13NO3/c1-9-8-12(15(18)19)6-7-13(9)10-2-4-11(5-3-10)14(16)17/h2-8H,1H3,(H2,16,17)(H,18,19). The van der Waals surface area contributed by atoms with Gasteiger partial charge in [0.25, 0.3) is 0 Å². The van der Waals surface area contributed by atoms with Gasteiger partial charge in [-0.15, -0.1) is 0 Å². The Hall–Kier alpha value is -2.62. The summed E-state index contributed by atoms with van der Waals surface area (Å²) in [6, 6.07) is 11.8. The van der Waals surface area contributed by atoms with Gasteiger partial charge in [-0.05, 0) is 47.9 Å². The van der Waals surface area contributed by atoms with Crippen LogP contribution in [0.5, 0.6) is 0 Å². The summed E-state index contributed by atoms with van der Waals surface area (Å²) in [5.41, 5.74) is 8.60. The fourth-order valence-corrected chi connectivity index (χ4v) is 1.93. The predicted octanol–water partition coefficient (Wildman–Crippen LogP) is 2.46. The lowest BCUT2D eigenvalue weighted by Crippen LogP contribution is -2.10. The molecule has 0 aliphatic heterocycles. The number of aryl methyl sites for hydroxylation is 1. The first kappa shape index (κ1) is 12.8. The molecule has 0 unspecified atom stereocenters. The van der Waals surface area contributed by atoms with Crippen LogP contribution in [0.4, 0.5) is 0 Å². The Morgan fingerprint density at radius 3 is 2.05 bits per heavy atom. The van der Waals surface area contributed by atoms with Crippen molar-refractivity contribution in [3.8, 4) is 11.1 Å². The van der Waals surface area contributed by atoms with E-state index in [0.717, 1.165) is 16.7 Å². The second kappa shape index (κ2) is 4.94. The number of carbonyl (C=O) groups excluding carboxylic acids is 1. The minimum Gasteiger partial charge on any atom is -0.478 e. The van der Waals surface area contributed by atoms with E-state index >= 15 is 0 Å². The molecule has 4 heteroatoms. The minimum absolute atomic E-state index is 0.259. The highest BCUT2D eigenvalue weighted by Crippen LogP contribution is 2.24. The van der Waals surface area contributed by atoms with Gasteiger partial charge in [-0.2, -0.15) is 0 Å². The third-order valence-electron chi connectivity index (χ3n) is 2.95. The largest absolute Gasteiger partial charge is 0.478 e. The molecule has 0 aromatic heterocycles. The quantitative estimate of drug-likeness (QED) is 0.884. The summed E-state index contributed by atoms with van der Waals surface area (Å²) < 4.78 is 0. The van der Waals surface area contributed by atoms with Gasteiger partial charge in [0.1, 0.15) is 0 Å². The minimum atomic E-state index is -0.946. The fourth-order valence-electron chi connectivity index (χ4n) is 1.93.